The van der Waals surface area contributed by atoms with Crippen molar-refractivity contribution in [2.45, 2.75) is 46.1 Å². The highest BCUT2D eigenvalue weighted by Gasteiger charge is 2.34. The Morgan fingerprint density at radius 3 is 2.38 bits per heavy atom. The third-order valence-electron chi connectivity index (χ3n) is 4.65. The predicted molar refractivity (Wildman–Crippen MR) is 95.1 cm³/mol. The first kappa shape index (κ1) is 18.5. The fourth-order valence-corrected chi connectivity index (χ4v) is 2.99. The Labute approximate surface area is 144 Å². The second kappa shape index (κ2) is 7.79. The van der Waals surface area contributed by atoms with E-state index in [0.717, 1.165) is 18.5 Å². The molecule has 0 aromatic heterocycles. The van der Waals surface area contributed by atoms with Crippen molar-refractivity contribution in [1.82, 2.24) is 4.90 Å². The Bertz CT molecular complexity index is 577. The van der Waals surface area contributed by atoms with Gasteiger partial charge in [0.05, 0.1) is 18.8 Å². The Morgan fingerprint density at radius 2 is 1.83 bits per heavy atom. The van der Waals surface area contributed by atoms with E-state index in [1.165, 1.54) is 0 Å². The van der Waals surface area contributed by atoms with Crippen molar-refractivity contribution in [3.05, 3.63) is 29.8 Å². The number of morpholine rings is 1. The van der Waals surface area contributed by atoms with E-state index in [0.29, 0.717) is 25.3 Å². The van der Waals surface area contributed by atoms with E-state index in [1.807, 2.05) is 32.6 Å². The minimum atomic E-state index is -0.308. The second-order valence-electron chi connectivity index (χ2n) is 6.90. The number of carbonyl (C=O) groups excluding carboxylic acids is 2. The fourth-order valence-electron chi connectivity index (χ4n) is 2.99. The number of nitrogens with one attached hydrogen (secondary N) is 1. The number of rotatable bonds is 5. The molecular formula is C19H28N2O3. The maximum Gasteiger partial charge on any atom is 0.254 e. The minimum absolute atomic E-state index is 0.00108. The van der Waals surface area contributed by atoms with Gasteiger partial charge in [0.15, 0.2) is 0 Å². The third kappa shape index (κ3) is 4.15. The predicted octanol–water partition coefficient (Wildman–Crippen LogP) is 3.31. The van der Waals surface area contributed by atoms with Gasteiger partial charge in [-0.1, -0.05) is 13.8 Å². The molecule has 1 heterocycles. The average molecular weight is 332 g/mol. The molecule has 1 saturated heterocycles. The van der Waals surface area contributed by atoms with Crippen LogP contribution in [0.15, 0.2) is 24.3 Å². The minimum Gasteiger partial charge on any atom is -0.377 e. The van der Waals surface area contributed by atoms with Gasteiger partial charge in [-0.15, -0.1) is 0 Å². The van der Waals surface area contributed by atoms with Crippen LogP contribution in [0.2, 0.25) is 0 Å². The summed E-state index contributed by atoms with van der Waals surface area (Å²) in [4.78, 5) is 26.7. The van der Waals surface area contributed by atoms with Crippen LogP contribution >= 0.6 is 0 Å². The fraction of sp³-hybridized carbons (Fsp3) is 0.579. The summed E-state index contributed by atoms with van der Waals surface area (Å²) >= 11 is 0. The quantitative estimate of drug-likeness (QED) is 0.900. The Hall–Kier alpha value is -1.88. The first-order chi connectivity index (χ1) is 11.4. The van der Waals surface area contributed by atoms with E-state index in [-0.39, 0.29) is 23.3 Å². The van der Waals surface area contributed by atoms with Crippen molar-refractivity contribution < 1.29 is 14.3 Å². The summed E-state index contributed by atoms with van der Waals surface area (Å²) in [5, 5.41) is 2.92. The van der Waals surface area contributed by atoms with Crippen LogP contribution in [0.3, 0.4) is 0 Å². The number of ether oxygens (including phenoxy) is 1. The van der Waals surface area contributed by atoms with Crippen molar-refractivity contribution in [3.63, 3.8) is 0 Å². The van der Waals surface area contributed by atoms with Crippen LogP contribution in [0.5, 0.6) is 0 Å². The number of nitrogens with zero attached hydrogens (tertiary/aromatic N) is 1. The maximum absolute atomic E-state index is 12.7. The molecule has 0 aliphatic carbocycles. The second-order valence-corrected chi connectivity index (χ2v) is 6.90. The van der Waals surface area contributed by atoms with E-state index < -0.39 is 0 Å². The molecule has 5 nitrogen and oxygen atoms in total. The van der Waals surface area contributed by atoms with Crippen LogP contribution in [0.25, 0.3) is 0 Å². The zero-order valence-electron chi connectivity index (χ0n) is 15.1. The van der Waals surface area contributed by atoms with Gasteiger partial charge in [-0.25, -0.2) is 0 Å². The zero-order valence-corrected chi connectivity index (χ0v) is 15.1. The lowest BCUT2D eigenvalue weighted by molar-refractivity contribution is -0.120. The van der Waals surface area contributed by atoms with Gasteiger partial charge < -0.3 is 15.0 Å². The molecule has 1 aromatic carbocycles. The third-order valence-corrected chi connectivity index (χ3v) is 4.65. The zero-order chi connectivity index (χ0) is 17.7. The number of benzene rings is 1. The molecule has 1 aliphatic rings. The van der Waals surface area contributed by atoms with Crippen molar-refractivity contribution in [2.24, 2.45) is 5.92 Å². The van der Waals surface area contributed by atoms with Gasteiger partial charge in [-0.2, -0.15) is 0 Å². The maximum atomic E-state index is 12.7. The van der Waals surface area contributed by atoms with Gasteiger partial charge in [0.1, 0.15) is 0 Å². The Morgan fingerprint density at radius 1 is 1.21 bits per heavy atom. The van der Waals surface area contributed by atoms with Crippen molar-refractivity contribution in [2.75, 3.05) is 25.1 Å². The average Bonchev–Trinajstić information content (AvgIpc) is 2.55. The van der Waals surface area contributed by atoms with Gasteiger partial charge in [-0.05, 0) is 51.0 Å². The highest BCUT2D eigenvalue weighted by molar-refractivity contribution is 5.96. The largest absolute Gasteiger partial charge is 0.377 e. The lowest BCUT2D eigenvalue weighted by Crippen LogP contribution is -2.55. The summed E-state index contributed by atoms with van der Waals surface area (Å²) < 4.78 is 5.47. The van der Waals surface area contributed by atoms with E-state index in [9.17, 15) is 9.59 Å². The number of hydrogen-bond donors (Lipinski definition) is 1. The molecule has 1 aromatic rings. The topological polar surface area (TPSA) is 58.6 Å². The van der Waals surface area contributed by atoms with Crippen LogP contribution in [-0.2, 0) is 9.53 Å². The van der Waals surface area contributed by atoms with E-state index in [2.05, 4.69) is 5.32 Å². The summed E-state index contributed by atoms with van der Waals surface area (Å²) in [6, 6.07) is 7.13. The van der Waals surface area contributed by atoms with Crippen molar-refractivity contribution >= 4 is 17.5 Å². The summed E-state index contributed by atoms with van der Waals surface area (Å²) in [5.74, 6) is 0.0648. The van der Waals surface area contributed by atoms with Gasteiger partial charge in [0.25, 0.3) is 5.91 Å². The van der Waals surface area contributed by atoms with E-state index in [4.69, 9.17) is 4.74 Å². The molecule has 0 atom stereocenters. The summed E-state index contributed by atoms with van der Waals surface area (Å²) in [6.07, 6.45) is 1.65. The Balaban J connectivity index is 2.06. The molecule has 2 rings (SSSR count). The highest BCUT2D eigenvalue weighted by Crippen LogP contribution is 2.22. The molecule has 1 aliphatic heterocycles. The van der Waals surface area contributed by atoms with Gasteiger partial charge in [-0.3, -0.25) is 9.59 Å². The molecule has 0 radical (unpaired) electrons. The van der Waals surface area contributed by atoms with E-state index >= 15 is 0 Å². The summed E-state index contributed by atoms with van der Waals surface area (Å²) in [7, 11) is 0. The molecule has 5 heteroatoms. The van der Waals surface area contributed by atoms with Gasteiger partial charge >= 0.3 is 0 Å². The number of anilines is 1. The van der Waals surface area contributed by atoms with Crippen LogP contribution in [0.1, 0.15) is 50.9 Å². The molecular weight excluding hydrogens is 304 g/mol. The molecule has 0 saturated carbocycles. The molecule has 24 heavy (non-hydrogen) atoms. The van der Waals surface area contributed by atoms with Crippen molar-refractivity contribution in [3.8, 4) is 0 Å². The smallest absolute Gasteiger partial charge is 0.254 e. The number of carbonyl (C=O) groups is 2. The van der Waals surface area contributed by atoms with E-state index in [1.54, 1.807) is 24.3 Å². The van der Waals surface area contributed by atoms with Crippen LogP contribution in [-0.4, -0.2) is 42.0 Å². The summed E-state index contributed by atoms with van der Waals surface area (Å²) in [6.45, 7) is 9.75. The van der Waals surface area contributed by atoms with Crippen molar-refractivity contribution in [1.29, 1.82) is 0 Å². The lowest BCUT2D eigenvalue weighted by Gasteiger charge is -2.42. The first-order valence-corrected chi connectivity index (χ1v) is 8.69. The normalized spacial score (nSPS) is 17.0. The first-order valence-electron chi connectivity index (χ1n) is 8.69. The van der Waals surface area contributed by atoms with Crippen LogP contribution in [0, 0.1) is 5.92 Å². The molecule has 132 valence electrons. The van der Waals surface area contributed by atoms with Gasteiger partial charge in [0, 0.05) is 23.7 Å². The Kier molecular flexibility index (Phi) is 5.99. The molecule has 0 unspecified atom stereocenters. The summed E-state index contributed by atoms with van der Waals surface area (Å²) in [5.41, 5.74) is 1.05. The molecule has 1 N–H and O–H groups in total. The standard InChI is InChI=1S/C19H28N2O3/c1-5-14(6-2)17(22)20-16-9-7-15(8-10-16)18(23)21-11-12-24-13-19(21,3)4/h7-10,14H,5-6,11-13H2,1-4H3,(H,20,22). The highest BCUT2D eigenvalue weighted by atomic mass is 16.5. The number of hydrogen-bond acceptors (Lipinski definition) is 3. The number of amides is 2. The van der Waals surface area contributed by atoms with Crippen LogP contribution < -0.4 is 5.32 Å². The monoisotopic (exact) mass is 332 g/mol. The molecule has 0 spiro atoms. The van der Waals surface area contributed by atoms with Crippen LogP contribution in [0.4, 0.5) is 5.69 Å². The lowest BCUT2D eigenvalue weighted by atomic mass is 10.0. The SMILES string of the molecule is CCC(CC)C(=O)Nc1ccc(C(=O)N2CCOCC2(C)C)cc1. The molecule has 0 bridgehead atoms. The molecule has 1 fully saturated rings. The van der Waals surface area contributed by atoms with Gasteiger partial charge in [0.2, 0.25) is 5.91 Å². The molecule has 2 amide bonds.